The van der Waals surface area contributed by atoms with Gasteiger partial charge in [0, 0.05) is 25.7 Å². The van der Waals surface area contributed by atoms with Gasteiger partial charge in [-0.15, -0.1) is 0 Å². The molecule has 0 amide bonds. The highest BCUT2D eigenvalue weighted by Crippen LogP contribution is 2.29. The topological polar surface area (TPSA) is 71.3 Å². The van der Waals surface area contributed by atoms with Crippen LogP contribution in [0.3, 0.4) is 0 Å². The molecular weight excluding hydrogens is 232 g/mol. The van der Waals surface area contributed by atoms with Crippen LogP contribution in [0.1, 0.15) is 27.2 Å². The van der Waals surface area contributed by atoms with Crippen molar-refractivity contribution in [3.05, 3.63) is 22.2 Å². The van der Waals surface area contributed by atoms with E-state index in [1.807, 2.05) is 18.7 Å². The first kappa shape index (κ1) is 14.2. The molecule has 1 atom stereocenters. The zero-order valence-corrected chi connectivity index (χ0v) is 11.3. The summed E-state index contributed by atoms with van der Waals surface area (Å²) in [7, 11) is 1.75. The van der Waals surface area contributed by atoms with Gasteiger partial charge in [0.05, 0.1) is 4.92 Å². The first-order chi connectivity index (χ1) is 8.54. The first-order valence-electron chi connectivity index (χ1n) is 6.14. The Bertz CT molecular complexity index is 423. The van der Waals surface area contributed by atoms with Crippen molar-refractivity contribution in [2.75, 3.05) is 23.8 Å². The van der Waals surface area contributed by atoms with E-state index in [0.29, 0.717) is 18.2 Å². The van der Waals surface area contributed by atoms with E-state index in [1.54, 1.807) is 13.1 Å². The molecule has 6 nitrogen and oxygen atoms in total. The zero-order valence-electron chi connectivity index (χ0n) is 11.3. The van der Waals surface area contributed by atoms with Gasteiger partial charge in [-0.1, -0.05) is 6.92 Å². The highest BCUT2D eigenvalue weighted by atomic mass is 16.6. The average Bonchev–Trinajstić information content (AvgIpc) is 2.38. The van der Waals surface area contributed by atoms with E-state index in [1.165, 1.54) is 6.07 Å². The Kier molecular flexibility index (Phi) is 4.88. The molecule has 0 aliphatic carbocycles. The molecule has 0 saturated carbocycles. The molecule has 18 heavy (non-hydrogen) atoms. The fourth-order valence-electron chi connectivity index (χ4n) is 1.82. The zero-order chi connectivity index (χ0) is 13.7. The third-order valence-corrected chi connectivity index (χ3v) is 3.04. The predicted octanol–water partition coefficient (Wildman–Crippen LogP) is 2.66. The maximum atomic E-state index is 11.1. The molecule has 1 N–H and O–H groups in total. The van der Waals surface area contributed by atoms with Crippen LogP contribution in [0.5, 0.6) is 0 Å². The summed E-state index contributed by atoms with van der Waals surface area (Å²) < 4.78 is 0. The number of aromatic nitrogens is 1. The number of nitrogens with zero attached hydrogens (tertiary/aromatic N) is 3. The lowest BCUT2D eigenvalue weighted by atomic mass is 10.2. The molecule has 0 aliphatic heterocycles. The van der Waals surface area contributed by atoms with E-state index in [4.69, 9.17) is 0 Å². The van der Waals surface area contributed by atoms with Crippen molar-refractivity contribution in [1.29, 1.82) is 0 Å². The van der Waals surface area contributed by atoms with E-state index in [-0.39, 0.29) is 16.7 Å². The second kappa shape index (κ2) is 6.18. The molecule has 6 heteroatoms. The van der Waals surface area contributed by atoms with Gasteiger partial charge in [-0.25, -0.2) is 4.98 Å². The summed E-state index contributed by atoms with van der Waals surface area (Å²) in [5.74, 6) is 1.07. The standard InChI is InChI=1S/C12H20N4O2/c1-5-9(3)15(6-2)12-10(16(17)18)7-8-11(13-4)14-12/h7-9H,5-6H2,1-4H3,(H,13,14). The second-order valence-electron chi connectivity index (χ2n) is 4.09. The largest absolute Gasteiger partial charge is 0.373 e. The minimum Gasteiger partial charge on any atom is -0.373 e. The first-order valence-corrected chi connectivity index (χ1v) is 6.14. The molecule has 0 aliphatic rings. The van der Waals surface area contributed by atoms with Crippen molar-refractivity contribution < 1.29 is 4.92 Å². The van der Waals surface area contributed by atoms with Crippen LogP contribution in [0.25, 0.3) is 0 Å². The van der Waals surface area contributed by atoms with Crippen molar-refractivity contribution in [3.8, 4) is 0 Å². The van der Waals surface area contributed by atoms with Gasteiger partial charge in [0.15, 0.2) is 0 Å². The fraction of sp³-hybridized carbons (Fsp3) is 0.583. The summed E-state index contributed by atoms with van der Waals surface area (Å²) in [6.07, 6.45) is 0.913. The molecule has 1 unspecified atom stereocenters. The van der Waals surface area contributed by atoms with Gasteiger partial charge in [-0.05, 0) is 26.3 Å². The molecule has 1 heterocycles. The van der Waals surface area contributed by atoms with Crippen LogP contribution in [0, 0.1) is 10.1 Å². The number of rotatable bonds is 6. The summed E-state index contributed by atoms with van der Waals surface area (Å²) in [6.45, 7) is 6.77. The van der Waals surface area contributed by atoms with Crippen molar-refractivity contribution in [2.45, 2.75) is 33.2 Å². The van der Waals surface area contributed by atoms with Crippen LogP contribution in [-0.2, 0) is 0 Å². The van der Waals surface area contributed by atoms with Gasteiger partial charge >= 0.3 is 5.69 Å². The molecular formula is C12H20N4O2. The minimum absolute atomic E-state index is 0.0520. The summed E-state index contributed by atoms with van der Waals surface area (Å²) in [4.78, 5) is 17.0. The number of anilines is 2. The van der Waals surface area contributed by atoms with E-state index in [9.17, 15) is 10.1 Å². The number of pyridine rings is 1. The van der Waals surface area contributed by atoms with Gasteiger partial charge in [-0.3, -0.25) is 10.1 Å². The van der Waals surface area contributed by atoms with Gasteiger partial charge in [-0.2, -0.15) is 0 Å². The van der Waals surface area contributed by atoms with Crippen LogP contribution in [0.2, 0.25) is 0 Å². The highest BCUT2D eigenvalue weighted by molar-refractivity contribution is 5.62. The number of hydrogen-bond donors (Lipinski definition) is 1. The molecule has 1 rings (SSSR count). The Morgan fingerprint density at radius 2 is 2.17 bits per heavy atom. The molecule has 0 aromatic carbocycles. The van der Waals surface area contributed by atoms with Crippen LogP contribution >= 0.6 is 0 Å². The molecule has 0 bridgehead atoms. The maximum absolute atomic E-state index is 11.1. The number of hydrogen-bond acceptors (Lipinski definition) is 5. The van der Waals surface area contributed by atoms with Gasteiger partial charge < -0.3 is 10.2 Å². The Morgan fingerprint density at radius 1 is 1.50 bits per heavy atom. The molecule has 0 radical (unpaired) electrons. The van der Waals surface area contributed by atoms with Crippen molar-refractivity contribution >= 4 is 17.3 Å². The Morgan fingerprint density at radius 3 is 2.61 bits per heavy atom. The summed E-state index contributed by atoms with van der Waals surface area (Å²) in [5, 5.41) is 14.0. The summed E-state index contributed by atoms with van der Waals surface area (Å²) >= 11 is 0. The third-order valence-electron chi connectivity index (χ3n) is 3.04. The Hall–Kier alpha value is -1.85. The van der Waals surface area contributed by atoms with Crippen molar-refractivity contribution in [1.82, 2.24) is 4.98 Å². The van der Waals surface area contributed by atoms with Gasteiger partial charge in [0.25, 0.3) is 0 Å². The summed E-state index contributed by atoms with van der Waals surface area (Å²) in [6, 6.07) is 3.33. The van der Waals surface area contributed by atoms with Gasteiger partial charge in [0.2, 0.25) is 5.82 Å². The van der Waals surface area contributed by atoms with Crippen LogP contribution in [-0.4, -0.2) is 29.5 Å². The molecule has 1 aromatic rings. The molecule has 0 fully saturated rings. The van der Waals surface area contributed by atoms with Crippen LogP contribution < -0.4 is 10.2 Å². The third kappa shape index (κ3) is 2.88. The number of nitrogens with one attached hydrogen (secondary N) is 1. The van der Waals surface area contributed by atoms with E-state index in [0.717, 1.165) is 6.42 Å². The van der Waals surface area contributed by atoms with Gasteiger partial charge in [0.1, 0.15) is 5.82 Å². The predicted molar refractivity (Wildman–Crippen MR) is 73.2 cm³/mol. The van der Waals surface area contributed by atoms with Crippen molar-refractivity contribution in [2.24, 2.45) is 0 Å². The fourth-order valence-corrected chi connectivity index (χ4v) is 1.82. The summed E-state index contributed by atoms with van der Waals surface area (Å²) in [5.41, 5.74) is 0.0520. The lowest BCUT2D eigenvalue weighted by Crippen LogP contribution is -2.33. The molecule has 0 spiro atoms. The monoisotopic (exact) mass is 252 g/mol. The normalized spacial score (nSPS) is 12.0. The molecule has 0 saturated heterocycles. The lowest BCUT2D eigenvalue weighted by Gasteiger charge is -2.28. The van der Waals surface area contributed by atoms with E-state index >= 15 is 0 Å². The molecule has 100 valence electrons. The average molecular weight is 252 g/mol. The van der Waals surface area contributed by atoms with Crippen LogP contribution in [0.4, 0.5) is 17.3 Å². The number of nitro groups is 1. The molecule has 1 aromatic heterocycles. The second-order valence-corrected chi connectivity index (χ2v) is 4.09. The SMILES string of the molecule is CCC(C)N(CC)c1nc(NC)ccc1[N+](=O)[O-]. The quantitative estimate of drug-likeness (QED) is 0.622. The van der Waals surface area contributed by atoms with Crippen LogP contribution in [0.15, 0.2) is 12.1 Å². The van der Waals surface area contributed by atoms with E-state index in [2.05, 4.69) is 17.2 Å². The lowest BCUT2D eigenvalue weighted by molar-refractivity contribution is -0.384. The minimum atomic E-state index is -0.382. The Balaban J connectivity index is 3.28. The maximum Gasteiger partial charge on any atom is 0.311 e. The van der Waals surface area contributed by atoms with Crippen molar-refractivity contribution in [3.63, 3.8) is 0 Å². The van der Waals surface area contributed by atoms with E-state index < -0.39 is 0 Å². The Labute approximate surface area is 107 Å². The highest BCUT2D eigenvalue weighted by Gasteiger charge is 2.23. The smallest absolute Gasteiger partial charge is 0.311 e.